The summed E-state index contributed by atoms with van der Waals surface area (Å²) in [6.07, 6.45) is 3.02. The van der Waals surface area contributed by atoms with Crippen molar-refractivity contribution in [2.24, 2.45) is 10.7 Å². The highest BCUT2D eigenvalue weighted by Gasteiger charge is 2.15. The Balaban J connectivity index is 1.78. The third kappa shape index (κ3) is 2.89. The summed E-state index contributed by atoms with van der Waals surface area (Å²) in [6.45, 7) is 0.619. The van der Waals surface area contributed by atoms with Crippen LogP contribution in [0, 0.1) is 0 Å². The molecule has 4 heteroatoms. The van der Waals surface area contributed by atoms with E-state index >= 15 is 0 Å². The Morgan fingerprint density at radius 3 is 2.94 bits per heavy atom. The molecule has 1 aliphatic rings. The normalized spacial score (nSPS) is 19.3. The monoisotopic (exact) mass is 238 g/mol. The highest BCUT2D eigenvalue weighted by molar-refractivity contribution is 6.31. The number of halogens is 1. The van der Waals surface area contributed by atoms with Crippen LogP contribution in [0.3, 0.4) is 0 Å². The third-order valence-electron chi connectivity index (χ3n) is 2.67. The number of hydrogen-bond donors (Lipinski definition) is 1. The molecule has 0 fully saturated rings. The number of aliphatic imine (C=N–C) groups is 1. The third-order valence-corrected chi connectivity index (χ3v) is 3.04. The van der Waals surface area contributed by atoms with E-state index in [9.17, 15) is 0 Å². The molecule has 16 heavy (non-hydrogen) atoms. The summed E-state index contributed by atoms with van der Waals surface area (Å²) in [5, 5.41) is 0.841. The lowest BCUT2D eigenvalue weighted by Crippen LogP contribution is -2.10. The molecule has 2 N–H and O–H groups in total. The van der Waals surface area contributed by atoms with Crippen molar-refractivity contribution in [3.63, 3.8) is 0 Å². The maximum atomic E-state index is 6.07. The van der Waals surface area contributed by atoms with Gasteiger partial charge in [0.2, 0.25) is 0 Å². The summed E-state index contributed by atoms with van der Waals surface area (Å²) in [5.41, 5.74) is 6.63. The summed E-state index contributed by atoms with van der Waals surface area (Å²) in [6, 6.07) is 8.49. The van der Waals surface area contributed by atoms with E-state index in [-0.39, 0.29) is 6.04 Å². The van der Waals surface area contributed by atoms with Gasteiger partial charge in [-0.05, 0) is 30.9 Å². The fourth-order valence-electron chi connectivity index (χ4n) is 1.81. The minimum Gasteiger partial charge on any atom is -0.463 e. The fourth-order valence-corrected chi connectivity index (χ4v) is 2.04. The number of hydrogen-bond acceptors (Lipinski definition) is 3. The van der Waals surface area contributed by atoms with Crippen LogP contribution in [0.1, 0.15) is 18.4 Å². The lowest BCUT2D eigenvalue weighted by atomic mass is 10.1. The van der Waals surface area contributed by atoms with Gasteiger partial charge >= 0.3 is 0 Å². The Labute approximate surface area is 100 Å². The van der Waals surface area contributed by atoms with Crippen LogP contribution in [0.4, 0.5) is 0 Å². The molecule has 0 aromatic heterocycles. The highest BCUT2D eigenvalue weighted by Crippen LogP contribution is 2.18. The molecular formula is C12H15ClN2O. The van der Waals surface area contributed by atoms with Crippen molar-refractivity contribution in [3.8, 4) is 0 Å². The van der Waals surface area contributed by atoms with Crippen LogP contribution in [0.2, 0.25) is 5.02 Å². The second-order valence-corrected chi connectivity index (χ2v) is 4.32. The lowest BCUT2D eigenvalue weighted by molar-refractivity contribution is 0.306. The van der Waals surface area contributed by atoms with Crippen LogP contribution >= 0.6 is 11.6 Å². The Morgan fingerprint density at radius 2 is 2.25 bits per heavy atom. The Morgan fingerprint density at radius 1 is 1.44 bits per heavy atom. The van der Waals surface area contributed by atoms with Crippen molar-refractivity contribution < 1.29 is 4.74 Å². The van der Waals surface area contributed by atoms with Gasteiger partial charge < -0.3 is 10.5 Å². The fraction of sp³-hybridized carbons (Fsp3) is 0.417. The second kappa shape index (κ2) is 5.21. The first-order valence-corrected chi connectivity index (χ1v) is 5.83. The molecule has 2 rings (SSSR count). The minimum absolute atomic E-state index is 0.225. The Hall–Kier alpha value is -1.22. The molecular weight excluding hydrogens is 224 g/mol. The number of nitrogens with two attached hydrogens (primary N) is 1. The van der Waals surface area contributed by atoms with E-state index in [0.29, 0.717) is 12.6 Å². The van der Waals surface area contributed by atoms with Gasteiger partial charge in [-0.25, -0.2) is 4.99 Å². The second-order valence-electron chi connectivity index (χ2n) is 3.92. The van der Waals surface area contributed by atoms with Crippen LogP contribution in [0.15, 0.2) is 29.3 Å². The molecule has 1 aromatic carbocycles. The average molecular weight is 239 g/mol. The summed E-state index contributed by atoms with van der Waals surface area (Å²) in [7, 11) is 0. The Bertz CT molecular complexity index is 392. The quantitative estimate of drug-likeness (QED) is 0.876. The van der Waals surface area contributed by atoms with Gasteiger partial charge in [0.25, 0.3) is 6.02 Å². The number of aryl methyl sites for hydroxylation is 1. The van der Waals surface area contributed by atoms with Crippen molar-refractivity contribution in [3.05, 3.63) is 34.9 Å². The van der Waals surface area contributed by atoms with Gasteiger partial charge in [0, 0.05) is 5.02 Å². The first-order chi connectivity index (χ1) is 7.75. The van der Waals surface area contributed by atoms with Gasteiger partial charge in [-0.2, -0.15) is 0 Å². The van der Waals surface area contributed by atoms with E-state index < -0.39 is 0 Å². The molecule has 0 bridgehead atoms. The van der Waals surface area contributed by atoms with Gasteiger partial charge in [0.1, 0.15) is 6.61 Å². The molecule has 3 nitrogen and oxygen atoms in total. The number of ether oxygens (including phenoxy) is 1. The molecule has 1 heterocycles. The van der Waals surface area contributed by atoms with E-state index in [1.165, 1.54) is 5.56 Å². The van der Waals surface area contributed by atoms with Crippen LogP contribution < -0.4 is 5.73 Å². The van der Waals surface area contributed by atoms with E-state index in [1.807, 2.05) is 18.2 Å². The van der Waals surface area contributed by atoms with Gasteiger partial charge in [-0.15, -0.1) is 0 Å². The predicted octanol–water partition coefficient (Wildman–Crippen LogP) is 2.38. The average Bonchev–Trinajstić information content (AvgIpc) is 2.67. The number of amidine groups is 1. The SMILES string of the molecule is NC1=N[C@@H](CCCc2ccccc2Cl)CO1. The number of rotatable bonds is 4. The largest absolute Gasteiger partial charge is 0.463 e. The van der Waals surface area contributed by atoms with Crippen LogP contribution in [0.5, 0.6) is 0 Å². The highest BCUT2D eigenvalue weighted by atomic mass is 35.5. The zero-order valence-electron chi connectivity index (χ0n) is 9.03. The van der Waals surface area contributed by atoms with Crippen molar-refractivity contribution >= 4 is 17.6 Å². The first-order valence-electron chi connectivity index (χ1n) is 5.45. The standard InChI is InChI=1S/C12H15ClN2O/c13-11-7-2-1-4-9(11)5-3-6-10-8-16-12(14)15-10/h1-2,4,7,10H,3,5-6,8H2,(H2,14,15)/t10-/m0/s1. The molecule has 0 spiro atoms. The van der Waals surface area contributed by atoms with E-state index in [1.54, 1.807) is 0 Å². The zero-order valence-corrected chi connectivity index (χ0v) is 9.78. The molecule has 86 valence electrons. The summed E-state index contributed by atoms with van der Waals surface area (Å²) in [4.78, 5) is 4.18. The van der Waals surface area contributed by atoms with Crippen LogP contribution in [-0.4, -0.2) is 18.7 Å². The van der Waals surface area contributed by atoms with E-state index in [4.69, 9.17) is 22.1 Å². The predicted molar refractivity (Wildman–Crippen MR) is 65.8 cm³/mol. The van der Waals surface area contributed by atoms with Gasteiger partial charge in [-0.1, -0.05) is 29.8 Å². The van der Waals surface area contributed by atoms with Gasteiger partial charge in [-0.3, -0.25) is 0 Å². The maximum absolute atomic E-state index is 6.07. The van der Waals surface area contributed by atoms with Crippen LogP contribution in [-0.2, 0) is 11.2 Å². The molecule has 1 atom stereocenters. The summed E-state index contributed by atoms with van der Waals surface area (Å²) < 4.78 is 5.09. The molecule has 1 aliphatic heterocycles. The summed E-state index contributed by atoms with van der Waals surface area (Å²) in [5.74, 6) is 0. The molecule has 0 aliphatic carbocycles. The lowest BCUT2D eigenvalue weighted by Gasteiger charge is -2.06. The van der Waals surface area contributed by atoms with Crippen molar-refractivity contribution in [1.82, 2.24) is 0 Å². The van der Waals surface area contributed by atoms with Crippen molar-refractivity contribution in [2.75, 3.05) is 6.61 Å². The van der Waals surface area contributed by atoms with Crippen molar-refractivity contribution in [1.29, 1.82) is 0 Å². The van der Waals surface area contributed by atoms with E-state index in [2.05, 4.69) is 11.1 Å². The molecule has 0 saturated carbocycles. The van der Waals surface area contributed by atoms with Gasteiger partial charge in [0.05, 0.1) is 6.04 Å². The summed E-state index contributed by atoms with van der Waals surface area (Å²) >= 11 is 6.07. The smallest absolute Gasteiger partial charge is 0.282 e. The van der Waals surface area contributed by atoms with Gasteiger partial charge in [0.15, 0.2) is 0 Å². The molecule has 1 aromatic rings. The molecule has 0 amide bonds. The first kappa shape index (κ1) is 11.3. The maximum Gasteiger partial charge on any atom is 0.282 e. The molecule has 0 unspecified atom stereocenters. The zero-order chi connectivity index (χ0) is 11.4. The topological polar surface area (TPSA) is 47.6 Å². The van der Waals surface area contributed by atoms with E-state index in [0.717, 1.165) is 24.3 Å². The van der Waals surface area contributed by atoms with Crippen molar-refractivity contribution in [2.45, 2.75) is 25.3 Å². The Kier molecular flexibility index (Phi) is 3.67. The molecule has 0 radical (unpaired) electrons. The minimum atomic E-state index is 0.225. The van der Waals surface area contributed by atoms with Crippen LogP contribution in [0.25, 0.3) is 0 Å². The number of benzene rings is 1. The number of nitrogens with zero attached hydrogens (tertiary/aromatic N) is 1. The molecule has 0 saturated heterocycles.